The van der Waals surface area contributed by atoms with Crippen LogP contribution in [0.1, 0.15) is 111 Å². The van der Waals surface area contributed by atoms with Crippen molar-refractivity contribution in [1.82, 2.24) is 0 Å². The van der Waals surface area contributed by atoms with E-state index in [1.54, 1.807) is 0 Å². The van der Waals surface area contributed by atoms with Crippen LogP contribution in [-0.2, 0) is 28.1 Å². The topological polar surface area (TPSA) is 29.5 Å². The van der Waals surface area contributed by atoms with Crippen molar-refractivity contribution in [3.63, 3.8) is 0 Å². The fraction of sp³-hybridized carbons (Fsp3) is 0.134. The molecule has 488 valence electrons. The molecule has 0 bridgehead atoms. The minimum absolute atomic E-state index is 0.0136. The summed E-state index contributed by atoms with van der Waals surface area (Å²) < 4.78 is 13.9. The highest BCUT2D eigenvalue weighted by Crippen LogP contribution is 2.55. The largest absolute Gasteiger partial charge is 0.456 e. The van der Waals surface area contributed by atoms with E-state index in [0.29, 0.717) is 0 Å². The van der Waals surface area contributed by atoms with Crippen molar-refractivity contribution in [3.8, 4) is 66.8 Å². The normalized spacial score (nSPS) is 14.5. The second-order valence-corrected chi connectivity index (χ2v) is 31.0. The molecule has 4 heteroatoms. The minimum atomic E-state index is -0.0970. The van der Waals surface area contributed by atoms with Gasteiger partial charge in [0.05, 0.1) is 0 Å². The number of halogens is 1. The molecule has 0 N–H and O–H groups in total. The minimum Gasteiger partial charge on any atom is -0.456 e. The van der Waals surface area contributed by atoms with Crippen LogP contribution in [0, 0.1) is 0 Å². The van der Waals surface area contributed by atoms with Crippen LogP contribution in [0.2, 0.25) is 0 Å². The van der Waals surface area contributed by atoms with E-state index in [4.69, 9.17) is 8.83 Å². The quantitative estimate of drug-likeness (QED) is 0.159. The molecule has 2 aromatic heterocycles. The lowest BCUT2D eigenvalue weighted by Gasteiger charge is -2.28. The third-order valence-corrected chi connectivity index (χ3v) is 23.2. The summed E-state index contributed by atoms with van der Waals surface area (Å²) in [6.07, 6.45) is 0.967. The Hall–Kier alpha value is -11.0. The van der Waals surface area contributed by atoms with Gasteiger partial charge in [-0.2, -0.15) is 0 Å². The molecule has 3 nitrogen and oxygen atoms in total. The zero-order valence-electron chi connectivity index (χ0n) is 58.2. The smallest absolute Gasteiger partial charge is 0.137 e. The predicted octanol–water partition coefficient (Wildman–Crippen LogP) is 27.2. The van der Waals surface area contributed by atoms with E-state index < -0.39 is 0 Å². The number of nitrogens with zero attached hydrogens (tertiary/aromatic N) is 1. The van der Waals surface area contributed by atoms with Crippen LogP contribution in [0.4, 0.5) is 17.1 Å². The fourth-order valence-electron chi connectivity index (χ4n) is 17.3. The molecular weight excluding hydrogens is 1290 g/mol. The van der Waals surface area contributed by atoms with Gasteiger partial charge in [0.15, 0.2) is 0 Å². The van der Waals surface area contributed by atoms with E-state index >= 15 is 0 Å². The maximum absolute atomic E-state index is 6.73. The molecule has 0 amide bonds. The standard InChI is InChI=1S/C48H37NO.C28H24.C21H15BrO/c1-47(2)41-16-10-8-14-35(41)37-24-22-33(26-43(37)47)49(32-20-18-31(19-21-32)30-12-6-5-7-13-30)34-23-25-38-40-28-39-36-15-9-11-17-42(36)48(3,4)44(39)29-46(40)50-45(38)27-34;1-28(2)26-11-7-6-10-24(26)25-17-14-21(19-27(25)28)18-20-12-15-23(16-13-20)22-8-4-3-5-9-22;1-21(2)17-6-4-3-5-13(17)15-10-16-14-8-7-12(22)9-19(14)23-20(16)11-18(15)21/h5-29H,1-4H3;3-17,19H,18H2,1-2H3;3-11H,1-2H3. The van der Waals surface area contributed by atoms with Gasteiger partial charge in [0.1, 0.15) is 22.3 Å². The molecule has 0 saturated heterocycles. The van der Waals surface area contributed by atoms with Crippen LogP contribution >= 0.6 is 15.9 Å². The number of rotatable bonds is 7. The molecule has 0 fully saturated rings. The van der Waals surface area contributed by atoms with Gasteiger partial charge in [-0.15, -0.1) is 0 Å². The Labute approximate surface area is 600 Å². The number of hydrogen-bond donors (Lipinski definition) is 0. The molecule has 4 aliphatic carbocycles. The number of hydrogen-bond acceptors (Lipinski definition) is 3. The Bertz CT molecular complexity index is 5980. The van der Waals surface area contributed by atoms with Crippen molar-refractivity contribution in [3.05, 3.63) is 363 Å². The molecule has 0 unspecified atom stereocenters. The summed E-state index contributed by atoms with van der Waals surface area (Å²) in [7, 11) is 0. The third-order valence-electron chi connectivity index (χ3n) is 22.7. The summed E-state index contributed by atoms with van der Waals surface area (Å²) in [6.45, 7) is 18.6. The summed E-state index contributed by atoms with van der Waals surface area (Å²) in [5, 5.41) is 4.67. The number of fused-ring (bicyclic) bond motifs is 18. The van der Waals surface area contributed by atoms with Gasteiger partial charge < -0.3 is 13.7 Å². The van der Waals surface area contributed by atoms with Gasteiger partial charge in [-0.25, -0.2) is 0 Å². The number of benzene rings is 14. The molecule has 0 saturated carbocycles. The van der Waals surface area contributed by atoms with E-state index in [1.807, 2.05) is 6.07 Å². The lowest BCUT2D eigenvalue weighted by atomic mass is 9.81. The first-order chi connectivity index (χ1) is 49.0. The Morgan fingerprint density at radius 1 is 0.248 bits per heavy atom. The molecule has 101 heavy (non-hydrogen) atoms. The molecule has 0 aliphatic heterocycles. The maximum atomic E-state index is 6.73. The van der Waals surface area contributed by atoms with Crippen molar-refractivity contribution in [2.75, 3.05) is 4.90 Å². The van der Waals surface area contributed by atoms with Crippen LogP contribution in [0.3, 0.4) is 0 Å². The van der Waals surface area contributed by atoms with Gasteiger partial charge in [-0.1, -0.05) is 290 Å². The molecule has 4 aliphatic rings. The molecule has 16 aromatic rings. The van der Waals surface area contributed by atoms with E-state index in [1.165, 1.54) is 133 Å². The Balaban J connectivity index is 0.000000121. The first-order valence-corrected chi connectivity index (χ1v) is 36.2. The van der Waals surface area contributed by atoms with Crippen LogP contribution < -0.4 is 4.90 Å². The molecule has 0 atom stereocenters. The van der Waals surface area contributed by atoms with Crippen molar-refractivity contribution >= 4 is 76.9 Å². The molecule has 0 radical (unpaired) electrons. The zero-order valence-corrected chi connectivity index (χ0v) is 59.8. The monoisotopic (exact) mass is 1370 g/mol. The van der Waals surface area contributed by atoms with E-state index in [0.717, 1.165) is 61.1 Å². The van der Waals surface area contributed by atoms with Gasteiger partial charge in [0.25, 0.3) is 0 Å². The number of furan rings is 2. The van der Waals surface area contributed by atoms with Crippen LogP contribution in [0.25, 0.3) is 111 Å². The average molecular weight is 1370 g/mol. The highest BCUT2D eigenvalue weighted by atomic mass is 79.9. The van der Waals surface area contributed by atoms with Crippen LogP contribution in [0.15, 0.2) is 317 Å². The van der Waals surface area contributed by atoms with E-state index in [9.17, 15) is 0 Å². The van der Waals surface area contributed by atoms with Crippen molar-refractivity contribution in [2.24, 2.45) is 0 Å². The third kappa shape index (κ3) is 10.2. The molecule has 14 aromatic carbocycles. The van der Waals surface area contributed by atoms with Gasteiger partial charge in [-0.3, -0.25) is 0 Å². The summed E-state index contributed by atoms with van der Waals surface area (Å²) in [6, 6.07) is 110. The van der Waals surface area contributed by atoms with Crippen LogP contribution in [0.5, 0.6) is 0 Å². The molecule has 20 rings (SSSR count). The van der Waals surface area contributed by atoms with E-state index in [-0.39, 0.29) is 21.7 Å². The number of anilines is 3. The van der Waals surface area contributed by atoms with Gasteiger partial charge in [-0.05, 0) is 208 Å². The summed E-state index contributed by atoms with van der Waals surface area (Å²) in [5.74, 6) is 0. The second kappa shape index (κ2) is 23.5. The van der Waals surface area contributed by atoms with Crippen LogP contribution in [-0.4, -0.2) is 0 Å². The molecular formula is C97H76BrNO2. The molecule has 2 heterocycles. The maximum Gasteiger partial charge on any atom is 0.137 e. The lowest BCUT2D eigenvalue weighted by molar-refractivity contribution is 0.647. The van der Waals surface area contributed by atoms with Gasteiger partial charge >= 0.3 is 0 Å². The first-order valence-electron chi connectivity index (χ1n) is 35.4. The average Bonchev–Trinajstić information content (AvgIpc) is 1.58. The zero-order chi connectivity index (χ0) is 68.7. The van der Waals surface area contributed by atoms with Crippen molar-refractivity contribution < 1.29 is 8.83 Å². The predicted molar refractivity (Wildman–Crippen MR) is 427 cm³/mol. The van der Waals surface area contributed by atoms with Crippen molar-refractivity contribution in [2.45, 2.75) is 83.5 Å². The van der Waals surface area contributed by atoms with Crippen molar-refractivity contribution in [1.29, 1.82) is 0 Å². The second-order valence-electron chi connectivity index (χ2n) is 30.1. The van der Waals surface area contributed by atoms with E-state index in [2.05, 4.69) is 373 Å². The fourth-order valence-corrected chi connectivity index (χ4v) is 17.6. The van der Waals surface area contributed by atoms with Gasteiger partial charge in [0, 0.05) is 70.8 Å². The Morgan fingerprint density at radius 3 is 1.08 bits per heavy atom. The SMILES string of the molecule is CC1(C)c2ccccc2-c2cc3c(cc21)oc1cc(Br)ccc13.CC1(C)c2ccccc2-c2ccc(Cc3ccc(-c4ccccc4)cc3)cc21.CC1(C)c2ccccc2-c2ccc(N(c3ccc(-c4ccccc4)cc3)c3ccc4c(c3)oc3cc5c(cc34)-c3ccccc3C5(C)C)cc21. The van der Waals surface area contributed by atoms with Gasteiger partial charge in [0.2, 0.25) is 0 Å². The Morgan fingerprint density at radius 2 is 0.584 bits per heavy atom. The Kier molecular flexibility index (Phi) is 14.5. The summed E-state index contributed by atoms with van der Waals surface area (Å²) >= 11 is 3.52. The lowest BCUT2D eigenvalue weighted by Crippen LogP contribution is -2.16. The molecule has 0 spiro atoms. The first kappa shape index (κ1) is 62.2. The summed E-state index contributed by atoms with van der Waals surface area (Å²) in [5.41, 5.74) is 36.5. The highest BCUT2D eigenvalue weighted by molar-refractivity contribution is 9.10. The summed E-state index contributed by atoms with van der Waals surface area (Å²) in [4.78, 5) is 2.38. The highest BCUT2D eigenvalue weighted by Gasteiger charge is 2.40.